The van der Waals surface area contributed by atoms with Crippen LogP contribution in [0.2, 0.25) is 0 Å². The summed E-state index contributed by atoms with van der Waals surface area (Å²) in [6.07, 6.45) is 5.48. The first kappa shape index (κ1) is 43.3. The molecule has 4 aromatic rings. The fourth-order valence-electron chi connectivity index (χ4n) is 8.43. The molecule has 1 N–H and O–H groups in total. The van der Waals surface area contributed by atoms with Gasteiger partial charge in [-0.2, -0.15) is 0 Å². The molecule has 328 valence electrons. The number of methoxy groups -OCH3 is 7. The molecule has 0 aromatic heterocycles. The van der Waals surface area contributed by atoms with E-state index >= 15 is 0 Å². The minimum Gasteiger partial charge on any atom is -0.496 e. The maximum Gasteiger partial charge on any atom is 0.310 e. The topological polar surface area (TPSA) is 165 Å². The number of hydrogen-bond acceptors (Lipinski definition) is 14. The first-order chi connectivity index (χ1) is 30.2. The van der Waals surface area contributed by atoms with Crippen molar-refractivity contribution in [2.24, 2.45) is 11.8 Å². The lowest BCUT2D eigenvalue weighted by Crippen LogP contribution is -2.42. The number of unbranched alkanes of at least 4 members (excludes halogenated alkanes) is 2. The van der Waals surface area contributed by atoms with Crippen molar-refractivity contribution >= 4 is 23.7 Å². The van der Waals surface area contributed by atoms with Crippen LogP contribution in [0.3, 0.4) is 0 Å². The van der Waals surface area contributed by atoms with Crippen molar-refractivity contribution in [3.63, 3.8) is 0 Å². The third-order valence-corrected chi connectivity index (χ3v) is 11.4. The highest BCUT2D eigenvalue weighted by Crippen LogP contribution is 2.55. The van der Waals surface area contributed by atoms with Gasteiger partial charge < -0.3 is 57.4 Å². The smallest absolute Gasteiger partial charge is 0.310 e. The highest BCUT2D eigenvalue weighted by atomic mass is 16.7. The molecular formula is C47H51NO14. The predicted molar refractivity (Wildman–Crippen MR) is 226 cm³/mol. The number of benzene rings is 4. The molecule has 0 saturated carbocycles. The van der Waals surface area contributed by atoms with Crippen molar-refractivity contribution < 1.29 is 66.5 Å². The molecule has 2 aliphatic heterocycles. The maximum absolute atomic E-state index is 13.6. The number of fused-ring (bicyclic) bond motifs is 3. The van der Waals surface area contributed by atoms with Crippen LogP contribution in [0.25, 0.3) is 6.08 Å². The fraction of sp³-hybridized carbons (Fsp3) is 0.383. The lowest BCUT2D eigenvalue weighted by atomic mass is 9.65. The number of hydrogen-bond donors (Lipinski definition) is 1. The van der Waals surface area contributed by atoms with E-state index in [1.165, 1.54) is 34.5 Å². The van der Waals surface area contributed by atoms with Crippen LogP contribution in [0, 0.1) is 11.8 Å². The monoisotopic (exact) mass is 853 g/mol. The number of allylic oxidation sites excluding steroid dienone is 1. The molecule has 1 aliphatic carbocycles. The Hall–Kier alpha value is -6.77. The lowest BCUT2D eigenvalue weighted by Gasteiger charge is -2.39. The second-order valence-electron chi connectivity index (χ2n) is 14.8. The van der Waals surface area contributed by atoms with E-state index in [0.29, 0.717) is 88.1 Å². The van der Waals surface area contributed by atoms with Gasteiger partial charge in [0.2, 0.25) is 24.2 Å². The summed E-state index contributed by atoms with van der Waals surface area (Å²) in [7, 11) is 10.7. The van der Waals surface area contributed by atoms with Gasteiger partial charge >= 0.3 is 5.97 Å². The predicted octanol–water partition coefficient (Wildman–Crippen LogP) is 7.10. The molecule has 1 saturated heterocycles. The van der Waals surface area contributed by atoms with Gasteiger partial charge in [0, 0.05) is 35.4 Å². The van der Waals surface area contributed by atoms with Crippen molar-refractivity contribution in [3.05, 3.63) is 88.5 Å². The molecule has 2 heterocycles. The summed E-state index contributed by atoms with van der Waals surface area (Å²) in [5, 5.41) is 3.24. The van der Waals surface area contributed by atoms with Gasteiger partial charge in [0.05, 0.1) is 74.9 Å². The molecule has 4 atom stereocenters. The maximum atomic E-state index is 13.6. The van der Waals surface area contributed by atoms with E-state index in [9.17, 15) is 14.4 Å². The minimum absolute atomic E-state index is 0.0698. The summed E-state index contributed by atoms with van der Waals surface area (Å²) in [4.78, 5) is 40.2. The van der Waals surface area contributed by atoms with Crippen LogP contribution in [0.15, 0.2) is 60.7 Å². The van der Waals surface area contributed by atoms with Gasteiger partial charge in [0.15, 0.2) is 40.3 Å². The summed E-state index contributed by atoms with van der Waals surface area (Å²) in [6.45, 7) is 0.643. The quantitative estimate of drug-likeness (QED) is 0.0439. The molecule has 0 bridgehead atoms. The highest BCUT2D eigenvalue weighted by molar-refractivity contribution is 6.07. The van der Waals surface area contributed by atoms with Crippen molar-refractivity contribution in [3.8, 4) is 57.5 Å². The third-order valence-electron chi connectivity index (χ3n) is 11.4. The van der Waals surface area contributed by atoms with Crippen molar-refractivity contribution in [1.82, 2.24) is 5.32 Å². The fourth-order valence-corrected chi connectivity index (χ4v) is 8.43. The van der Waals surface area contributed by atoms with Gasteiger partial charge in [0.25, 0.3) is 0 Å². The minimum atomic E-state index is -0.604. The zero-order valence-corrected chi connectivity index (χ0v) is 35.8. The Balaban J connectivity index is 0.968. The number of cyclic esters (lactones) is 1. The molecule has 1 fully saturated rings. The number of ketones is 1. The lowest BCUT2D eigenvalue weighted by molar-refractivity contribution is -0.141. The van der Waals surface area contributed by atoms with Crippen LogP contribution in [0.5, 0.6) is 57.5 Å². The van der Waals surface area contributed by atoms with Gasteiger partial charge in [-0.05, 0) is 96.6 Å². The molecule has 4 aromatic carbocycles. The Morgan fingerprint density at radius 2 is 1.31 bits per heavy atom. The van der Waals surface area contributed by atoms with Crippen LogP contribution in [-0.2, 0) is 14.3 Å². The number of esters is 1. The van der Waals surface area contributed by atoms with E-state index in [0.717, 1.165) is 23.1 Å². The largest absolute Gasteiger partial charge is 0.496 e. The van der Waals surface area contributed by atoms with Gasteiger partial charge in [-0.25, -0.2) is 0 Å². The number of carbonyl (C=O) groups excluding carboxylic acids is 3. The van der Waals surface area contributed by atoms with E-state index in [4.69, 9.17) is 52.1 Å². The number of amides is 1. The SMILES string of the molecule is COc1cc(OCCCCCC(=O)N[C@@H]2c3cc4c(cc3[C@@H](c3cc(OC)c(OC)c(OC)c3)[C@H]3C(=O)OC[C@@H]32)OCO4)ccc1/C=C/C(=O)c1cc(OC)c(OC)c(OC)c1. The van der Waals surface area contributed by atoms with E-state index < -0.39 is 17.9 Å². The summed E-state index contributed by atoms with van der Waals surface area (Å²) in [6, 6.07) is 15.6. The number of carbonyl (C=O) groups is 3. The van der Waals surface area contributed by atoms with Crippen LogP contribution in [0.1, 0.15) is 70.3 Å². The number of rotatable bonds is 19. The first-order valence-corrected chi connectivity index (χ1v) is 20.2. The van der Waals surface area contributed by atoms with Crippen LogP contribution < -0.4 is 52.7 Å². The molecule has 1 amide bonds. The Morgan fingerprint density at radius 3 is 1.92 bits per heavy atom. The molecule has 15 heteroatoms. The Labute approximate surface area is 360 Å². The van der Waals surface area contributed by atoms with E-state index in [1.54, 1.807) is 45.6 Å². The second kappa shape index (κ2) is 19.3. The normalized spacial score (nSPS) is 18.3. The average Bonchev–Trinajstić information content (AvgIpc) is 3.93. The molecule has 0 unspecified atom stereocenters. The van der Waals surface area contributed by atoms with E-state index in [2.05, 4.69) is 5.32 Å². The van der Waals surface area contributed by atoms with Gasteiger partial charge in [-0.1, -0.05) is 0 Å². The number of ether oxygens (including phenoxy) is 11. The van der Waals surface area contributed by atoms with Gasteiger partial charge in [0.1, 0.15) is 11.5 Å². The first-order valence-electron chi connectivity index (χ1n) is 20.2. The average molecular weight is 854 g/mol. The van der Waals surface area contributed by atoms with Crippen LogP contribution in [-0.4, -0.2) is 87.4 Å². The van der Waals surface area contributed by atoms with Crippen molar-refractivity contribution in [2.45, 2.75) is 37.6 Å². The highest BCUT2D eigenvalue weighted by Gasteiger charge is 2.53. The van der Waals surface area contributed by atoms with Gasteiger partial charge in [-0.3, -0.25) is 14.4 Å². The molecule has 15 nitrogen and oxygen atoms in total. The summed E-state index contributed by atoms with van der Waals surface area (Å²) in [5.74, 6) is 2.63. The molecule has 7 rings (SSSR count). The molecular weight excluding hydrogens is 803 g/mol. The number of nitrogens with one attached hydrogen (secondary N) is 1. The zero-order valence-electron chi connectivity index (χ0n) is 35.8. The molecule has 0 spiro atoms. The molecule has 3 aliphatic rings. The third kappa shape index (κ3) is 8.70. The van der Waals surface area contributed by atoms with Crippen LogP contribution in [0.4, 0.5) is 0 Å². The molecule has 62 heavy (non-hydrogen) atoms. The summed E-state index contributed by atoms with van der Waals surface area (Å²) >= 11 is 0. The van der Waals surface area contributed by atoms with Crippen molar-refractivity contribution in [2.75, 3.05) is 69.8 Å². The summed E-state index contributed by atoms with van der Waals surface area (Å²) < 4.78 is 61.9. The Bertz CT molecular complexity index is 2290. The van der Waals surface area contributed by atoms with E-state index in [1.807, 2.05) is 36.4 Å². The Morgan fingerprint density at radius 1 is 0.694 bits per heavy atom. The van der Waals surface area contributed by atoms with Crippen LogP contribution >= 0.6 is 0 Å². The second-order valence-corrected chi connectivity index (χ2v) is 14.8. The summed E-state index contributed by atoms with van der Waals surface area (Å²) in [5.41, 5.74) is 3.48. The molecule has 0 radical (unpaired) electrons. The Kier molecular flexibility index (Phi) is 13.5. The zero-order chi connectivity index (χ0) is 43.9. The standard InChI is InChI=1S/C47H51NO14/c1-52-34-21-29(14-12-26(34)13-15-33(49)27-17-37(53-2)45(57-6)38(18-27)54-3)59-16-10-8-9-11-41(50)48-44-31-23-36-35(61-25-62-36)22-30(31)42(43-32(44)24-60-47(43)51)28-19-39(55-4)46(58-7)40(20-28)56-5/h12-15,17-23,32,42-44H,8-11,16,24-25H2,1-7H3,(H,48,50)/b15-13+/t32-,42+,43-,44+/m0/s1. The van der Waals surface area contributed by atoms with Crippen molar-refractivity contribution in [1.29, 1.82) is 0 Å². The van der Waals surface area contributed by atoms with E-state index in [-0.39, 0.29) is 43.4 Å². The van der Waals surface area contributed by atoms with Gasteiger partial charge in [-0.15, -0.1) is 0 Å².